The lowest BCUT2D eigenvalue weighted by Crippen LogP contribution is -2.11. The predicted octanol–water partition coefficient (Wildman–Crippen LogP) is 2.97. The van der Waals surface area contributed by atoms with E-state index in [4.69, 9.17) is 4.74 Å². The minimum absolute atomic E-state index is 0.181. The van der Waals surface area contributed by atoms with Crippen molar-refractivity contribution in [3.05, 3.63) is 51.4 Å². The molecule has 1 heterocycles. The minimum atomic E-state index is -0.181. The van der Waals surface area contributed by atoms with Gasteiger partial charge in [-0.1, -0.05) is 28.1 Å². The Labute approximate surface area is 125 Å². The number of carbonyl (C=O) groups is 1. The zero-order valence-corrected chi connectivity index (χ0v) is 12.6. The maximum absolute atomic E-state index is 12.5. The van der Waals surface area contributed by atoms with Gasteiger partial charge in [-0.15, -0.1) is 0 Å². The van der Waals surface area contributed by atoms with Crippen molar-refractivity contribution in [2.75, 3.05) is 7.11 Å². The fraction of sp³-hybridized carbons (Fsp3) is 0.267. The third-order valence-electron chi connectivity index (χ3n) is 3.38. The first-order chi connectivity index (χ1) is 9.69. The lowest BCUT2D eigenvalue weighted by atomic mass is 10.1. The van der Waals surface area contributed by atoms with Crippen molar-refractivity contribution in [1.29, 1.82) is 0 Å². The van der Waals surface area contributed by atoms with Gasteiger partial charge >= 0.3 is 0 Å². The smallest absolute Gasteiger partial charge is 0.230 e. The highest BCUT2D eigenvalue weighted by Crippen LogP contribution is 2.28. The van der Waals surface area contributed by atoms with E-state index in [0.29, 0.717) is 11.4 Å². The van der Waals surface area contributed by atoms with Gasteiger partial charge in [0.25, 0.3) is 0 Å². The van der Waals surface area contributed by atoms with E-state index in [1.165, 1.54) is 0 Å². The normalized spacial score (nSPS) is 13.1. The zero-order chi connectivity index (χ0) is 14.1. The van der Waals surface area contributed by atoms with Crippen molar-refractivity contribution in [2.45, 2.75) is 19.3 Å². The van der Waals surface area contributed by atoms with Crippen LogP contribution in [-0.4, -0.2) is 22.9 Å². The molecule has 0 amide bonds. The first-order valence-electron chi connectivity index (χ1n) is 6.43. The number of rotatable bonds is 3. The highest BCUT2D eigenvalue weighted by atomic mass is 79.9. The summed E-state index contributed by atoms with van der Waals surface area (Å²) in [6.45, 7) is 0. The number of aryl methyl sites for hydroxylation is 1. The number of benzene rings is 1. The Bertz CT molecular complexity index is 686. The molecule has 0 atom stereocenters. The third-order valence-corrected chi connectivity index (χ3v) is 3.87. The Morgan fingerprint density at radius 2 is 2.15 bits per heavy atom. The second-order valence-corrected chi connectivity index (χ2v) is 5.59. The summed E-state index contributed by atoms with van der Waals surface area (Å²) in [5, 5.41) is 0. The van der Waals surface area contributed by atoms with Gasteiger partial charge in [-0.3, -0.25) is 4.79 Å². The third kappa shape index (κ3) is 2.33. The van der Waals surface area contributed by atoms with E-state index in [9.17, 15) is 4.79 Å². The van der Waals surface area contributed by atoms with Gasteiger partial charge in [0.2, 0.25) is 17.5 Å². The maximum atomic E-state index is 12.5. The maximum Gasteiger partial charge on any atom is 0.230 e. The summed E-state index contributed by atoms with van der Waals surface area (Å²) in [5.74, 6) is 0.561. The Kier molecular flexibility index (Phi) is 3.53. The Hall–Kier alpha value is -1.75. The summed E-state index contributed by atoms with van der Waals surface area (Å²) in [5.41, 5.74) is 2.55. The van der Waals surface area contributed by atoms with Gasteiger partial charge in [0, 0.05) is 15.6 Å². The molecule has 0 saturated heterocycles. The van der Waals surface area contributed by atoms with Gasteiger partial charge < -0.3 is 4.74 Å². The SMILES string of the molecule is COc1nc(C(=O)c2cccc(Br)c2)nc2c1CCC2. The second kappa shape index (κ2) is 5.32. The van der Waals surface area contributed by atoms with Gasteiger partial charge in [-0.2, -0.15) is 4.98 Å². The predicted molar refractivity (Wildman–Crippen MR) is 78.2 cm³/mol. The first-order valence-corrected chi connectivity index (χ1v) is 7.22. The van der Waals surface area contributed by atoms with Crippen LogP contribution < -0.4 is 4.74 Å². The van der Waals surface area contributed by atoms with E-state index in [1.807, 2.05) is 12.1 Å². The largest absolute Gasteiger partial charge is 0.481 e. The topological polar surface area (TPSA) is 52.1 Å². The highest BCUT2D eigenvalue weighted by Gasteiger charge is 2.23. The van der Waals surface area contributed by atoms with Gasteiger partial charge in [-0.05, 0) is 31.4 Å². The molecule has 1 aliphatic carbocycles. The Morgan fingerprint density at radius 3 is 2.90 bits per heavy atom. The number of carbonyl (C=O) groups excluding carboxylic acids is 1. The van der Waals surface area contributed by atoms with Gasteiger partial charge in [0.1, 0.15) is 0 Å². The van der Waals surface area contributed by atoms with Crippen LogP contribution in [0.4, 0.5) is 0 Å². The van der Waals surface area contributed by atoms with Gasteiger partial charge in [0.05, 0.1) is 12.8 Å². The van der Waals surface area contributed by atoms with E-state index in [2.05, 4.69) is 25.9 Å². The van der Waals surface area contributed by atoms with Crippen LogP contribution in [0.3, 0.4) is 0 Å². The van der Waals surface area contributed by atoms with Crippen LogP contribution in [0.5, 0.6) is 5.88 Å². The van der Waals surface area contributed by atoms with E-state index in [0.717, 1.165) is 35.0 Å². The molecular formula is C15H13BrN2O2. The molecule has 102 valence electrons. The molecule has 1 aliphatic rings. The average Bonchev–Trinajstić information content (AvgIpc) is 2.93. The van der Waals surface area contributed by atoms with Crippen molar-refractivity contribution in [1.82, 2.24) is 9.97 Å². The van der Waals surface area contributed by atoms with Crippen molar-refractivity contribution in [3.8, 4) is 5.88 Å². The van der Waals surface area contributed by atoms with Crippen LogP contribution in [0.25, 0.3) is 0 Å². The number of halogens is 1. The lowest BCUT2D eigenvalue weighted by Gasteiger charge is -2.08. The van der Waals surface area contributed by atoms with Crippen molar-refractivity contribution in [3.63, 3.8) is 0 Å². The molecule has 0 saturated carbocycles. The monoisotopic (exact) mass is 332 g/mol. The van der Waals surface area contributed by atoms with Crippen LogP contribution >= 0.6 is 15.9 Å². The van der Waals surface area contributed by atoms with E-state index < -0.39 is 0 Å². The number of aromatic nitrogens is 2. The first kappa shape index (κ1) is 13.2. The Balaban J connectivity index is 2.04. The molecule has 1 aromatic carbocycles. The summed E-state index contributed by atoms with van der Waals surface area (Å²) in [4.78, 5) is 21.1. The summed E-state index contributed by atoms with van der Waals surface area (Å²) in [6.07, 6.45) is 2.84. The molecular weight excluding hydrogens is 320 g/mol. The lowest BCUT2D eigenvalue weighted by molar-refractivity contribution is 0.102. The summed E-state index contributed by atoms with van der Waals surface area (Å²) in [7, 11) is 1.58. The fourth-order valence-electron chi connectivity index (χ4n) is 2.43. The quantitative estimate of drug-likeness (QED) is 0.811. The molecule has 0 spiro atoms. The molecule has 0 N–H and O–H groups in total. The van der Waals surface area contributed by atoms with Crippen LogP contribution in [-0.2, 0) is 12.8 Å². The molecule has 4 nitrogen and oxygen atoms in total. The molecule has 20 heavy (non-hydrogen) atoms. The zero-order valence-electron chi connectivity index (χ0n) is 11.0. The van der Waals surface area contributed by atoms with Crippen molar-refractivity contribution in [2.24, 2.45) is 0 Å². The number of ether oxygens (including phenoxy) is 1. The van der Waals surface area contributed by atoms with Crippen LogP contribution in [0.2, 0.25) is 0 Å². The molecule has 5 heteroatoms. The number of hydrogen-bond acceptors (Lipinski definition) is 4. The molecule has 0 radical (unpaired) electrons. The standard InChI is InChI=1S/C15H13BrN2O2/c1-20-15-11-6-3-7-12(11)17-14(18-15)13(19)9-4-2-5-10(16)8-9/h2,4-5,8H,3,6-7H2,1H3. The van der Waals surface area contributed by atoms with Gasteiger partial charge in [-0.25, -0.2) is 4.98 Å². The molecule has 2 aromatic rings. The van der Waals surface area contributed by atoms with Crippen LogP contribution in [0.15, 0.2) is 28.7 Å². The van der Waals surface area contributed by atoms with E-state index in [1.54, 1.807) is 19.2 Å². The second-order valence-electron chi connectivity index (χ2n) is 4.67. The molecule has 0 unspecified atom stereocenters. The summed E-state index contributed by atoms with van der Waals surface area (Å²) < 4.78 is 6.15. The molecule has 0 aliphatic heterocycles. The molecule has 0 fully saturated rings. The summed E-state index contributed by atoms with van der Waals surface area (Å²) in [6, 6.07) is 7.23. The average molecular weight is 333 g/mol. The number of fused-ring (bicyclic) bond motifs is 1. The molecule has 1 aromatic heterocycles. The Morgan fingerprint density at radius 1 is 1.30 bits per heavy atom. The number of ketones is 1. The van der Waals surface area contributed by atoms with Crippen molar-refractivity contribution >= 4 is 21.7 Å². The molecule has 0 bridgehead atoms. The van der Waals surface area contributed by atoms with Gasteiger partial charge in [0.15, 0.2) is 0 Å². The fourth-order valence-corrected chi connectivity index (χ4v) is 2.83. The number of nitrogens with zero attached hydrogens (tertiary/aromatic N) is 2. The van der Waals surface area contributed by atoms with E-state index in [-0.39, 0.29) is 11.6 Å². The molecule has 3 rings (SSSR count). The van der Waals surface area contributed by atoms with E-state index >= 15 is 0 Å². The van der Waals surface area contributed by atoms with Crippen LogP contribution in [0, 0.1) is 0 Å². The van der Waals surface area contributed by atoms with Crippen LogP contribution in [0.1, 0.15) is 33.9 Å². The number of methoxy groups -OCH3 is 1. The number of hydrogen-bond donors (Lipinski definition) is 0. The minimum Gasteiger partial charge on any atom is -0.481 e. The highest BCUT2D eigenvalue weighted by molar-refractivity contribution is 9.10. The summed E-state index contributed by atoms with van der Waals surface area (Å²) >= 11 is 3.36. The van der Waals surface area contributed by atoms with Crippen molar-refractivity contribution < 1.29 is 9.53 Å².